The molecule has 2 N–H and O–H groups in total. The summed E-state index contributed by atoms with van der Waals surface area (Å²) in [5.74, 6) is 1.68. The number of hydrogen-bond donors (Lipinski definition) is 2. The van der Waals surface area contributed by atoms with Crippen LogP contribution in [0, 0.1) is 0 Å². The number of methoxy groups -OCH3 is 1. The number of aromatic nitrogens is 4. The number of para-hydroxylation sites is 1. The first-order valence-electron chi connectivity index (χ1n) is 11.8. The van der Waals surface area contributed by atoms with E-state index in [0.717, 1.165) is 22.0 Å². The number of aromatic amines is 1. The number of nitrogens with zero attached hydrogens (tertiary/aromatic N) is 3. The molecular formula is C28H27N5O3. The predicted octanol–water partition coefficient (Wildman–Crippen LogP) is 4.72. The van der Waals surface area contributed by atoms with Gasteiger partial charge < -0.3 is 19.8 Å². The van der Waals surface area contributed by atoms with E-state index < -0.39 is 0 Å². The monoisotopic (exact) mass is 481 g/mol. The molecule has 3 aromatic heterocycles. The number of ether oxygens (including phenoxy) is 2. The Morgan fingerprint density at radius 3 is 2.75 bits per heavy atom. The van der Waals surface area contributed by atoms with Gasteiger partial charge in [-0.15, -0.1) is 0 Å². The lowest BCUT2D eigenvalue weighted by atomic mass is 9.90. The molecular weight excluding hydrogens is 454 g/mol. The molecule has 0 aliphatic rings. The van der Waals surface area contributed by atoms with Crippen molar-refractivity contribution in [2.24, 2.45) is 0 Å². The highest BCUT2D eigenvalue weighted by atomic mass is 16.5. The van der Waals surface area contributed by atoms with Crippen LogP contribution in [0.25, 0.3) is 16.7 Å². The Kier molecular flexibility index (Phi) is 6.66. The molecule has 0 saturated heterocycles. The molecule has 0 saturated carbocycles. The van der Waals surface area contributed by atoms with E-state index in [1.165, 1.54) is 0 Å². The van der Waals surface area contributed by atoms with Crippen molar-refractivity contribution < 1.29 is 14.3 Å². The van der Waals surface area contributed by atoms with Gasteiger partial charge in [-0.2, -0.15) is 5.10 Å². The first-order chi connectivity index (χ1) is 17.7. The van der Waals surface area contributed by atoms with Crippen molar-refractivity contribution in [1.29, 1.82) is 0 Å². The zero-order valence-electron chi connectivity index (χ0n) is 20.1. The zero-order valence-corrected chi connectivity index (χ0v) is 20.1. The second kappa shape index (κ2) is 10.4. The number of benzene rings is 2. The molecule has 1 atom stereocenters. The van der Waals surface area contributed by atoms with Crippen LogP contribution in [0.5, 0.6) is 11.5 Å². The molecule has 0 aliphatic carbocycles. The van der Waals surface area contributed by atoms with Crippen LogP contribution < -0.4 is 14.8 Å². The molecule has 36 heavy (non-hydrogen) atoms. The lowest BCUT2D eigenvalue weighted by Gasteiger charge is -2.20. The van der Waals surface area contributed by atoms with Crippen LogP contribution in [0.2, 0.25) is 0 Å². The number of pyridine rings is 1. The summed E-state index contributed by atoms with van der Waals surface area (Å²) in [6.07, 6.45) is 7.06. The minimum Gasteiger partial charge on any atom is -0.493 e. The number of H-pyrrole nitrogens is 1. The van der Waals surface area contributed by atoms with Gasteiger partial charge in [0.25, 0.3) is 5.91 Å². The maximum atomic E-state index is 13.0. The molecule has 182 valence electrons. The standard InChI is InChI=1S/C28H27N5O3/c1-3-36-25-11-9-19(15-26(25)35-2)22(23-18-29-24-8-5-4-7-21(23)24)17-31-28(34)20-10-12-27(30-16-20)33-14-6-13-32-33/h4-16,18,22,29H,3,17H2,1-2H3,(H,31,34). The number of carbonyl (C=O) groups excluding carboxylic acids is 1. The molecule has 1 unspecified atom stereocenters. The maximum absolute atomic E-state index is 13.0. The van der Waals surface area contributed by atoms with Gasteiger partial charge in [0.1, 0.15) is 0 Å². The van der Waals surface area contributed by atoms with Crippen LogP contribution in [-0.4, -0.2) is 45.9 Å². The molecule has 5 aromatic rings. The summed E-state index contributed by atoms with van der Waals surface area (Å²) < 4.78 is 12.9. The smallest absolute Gasteiger partial charge is 0.252 e. The zero-order chi connectivity index (χ0) is 24.9. The van der Waals surface area contributed by atoms with Gasteiger partial charge in [-0.25, -0.2) is 9.67 Å². The summed E-state index contributed by atoms with van der Waals surface area (Å²) in [7, 11) is 1.63. The van der Waals surface area contributed by atoms with E-state index in [0.29, 0.717) is 36.0 Å². The van der Waals surface area contributed by atoms with E-state index in [1.807, 2.05) is 55.6 Å². The fourth-order valence-electron chi connectivity index (χ4n) is 4.32. The molecule has 3 heterocycles. The number of carbonyl (C=O) groups is 1. The molecule has 0 radical (unpaired) electrons. The van der Waals surface area contributed by atoms with Crippen LogP contribution >= 0.6 is 0 Å². The Hall–Kier alpha value is -4.59. The maximum Gasteiger partial charge on any atom is 0.252 e. The van der Waals surface area contributed by atoms with E-state index in [9.17, 15) is 4.79 Å². The average Bonchev–Trinajstić information content (AvgIpc) is 3.61. The fourth-order valence-corrected chi connectivity index (χ4v) is 4.32. The number of rotatable bonds is 9. The van der Waals surface area contributed by atoms with Crippen LogP contribution in [-0.2, 0) is 0 Å². The van der Waals surface area contributed by atoms with E-state index in [1.54, 1.807) is 42.5 Å². The van der Waals surface area contributed by atoms with Gasteiger partial charge in [0.15, 0.2) is 17.3 Å². The summed E-state index contributed by atoms with van der Waals surface area (Å²) in [6, 6.07) is 19.4. The van der Waals surface area contributed by atoms with Crippen LogP contribution in [0.4, 0.5) is 0 Å². The minimum absolute atomic E-state index is 0.119. The summed E-state index contributed by atoms with van der Waals surface area (Å²) >= 11 is 0. The van der Waals surface area contributed by atoms with Crippen LogP contribution in [0.1, 0.15) is 34.3 Å². The quantitative estimate of drug-likeness (QED) is 0.318. The van der Waals surface area contributed by atoms with Gasteiger partial charge in [0, 0.05) is 48.2 Å². The second-order valence-corrected chi connectivity index (χ2v) is 8.25. The normalized spacial score (nSPS) is 11.8. The summed E-state index contributed by atoms with van der Waals surface area (Å²) in [4.78, 5) is 20.8. The molecule has 0 bridgehead atoms. The third-order valence-electron chi connectivity index (χ3n) is 6.10. The Morgan fingerprint density at radius 2 is 2.00 bits per heavy atom. The van der Waals surface area contributed by atoms with Crippen LogP contribution in [0.3, 0.4) is 0 Å². The third kappa shape index (κ3) is 4.65. The van der Waals surface area contributed by atoms with Crippen LogP contribution in [0.15, 0.2) is 85.5 Å². The molecule has 0 aliphatic heterocycles. The van der Waals surface area contributed by atoms with E-state index in [4.69, 9.17) is 9.47 Å². The third-order valence-corrected chi connectivity index (χ3v) is 6.10. The van der Waals surface area contributed by atoms with Gasteiger partial charge in [-0.3, -0.25) is 4.79 Å². The Morgan fingerprint density at radius 1 is 1.11 bits per heavy atom. The Balaban J connectivity index is 1.43. The van der Waals surface area contributed by atoms with Gasteiger partial charge in [-0.05, 0) is 54.4 Å². The lowest BCUT2D eigenvalue weighted by molar-refractivity contribution is 0.0952. The van der Waals surface area contributed by atoms with E-state index in [2.05, 4.69) is 26.4 Å². The predicted molar refractivity (Wildman–Crippen MR) is 138 cm³/mol. The van der Waals surface area contributed by atoms with Gasteiger partial charge in [-0.1, -0.05) is 24.3 Å². The van der Waals surface area contributed by atoms with Crippen molar-refractivity contribution in [3.63, 3.8) is 0 Å². The topological polar surface area (TPSA) is 94.1 Å². The van der Waals surface area contributed by atoms with E-state index in [-0.39, 0.29) is 11.8 Å². The van der Waals surface area contributed by atoms with Crippen molar-refractivity contribution in [1.82, 2.24) is 25.1 Å². The molecule has 8 heteroatoms. The fraction of sp³-hybridized carbons (Fsp3) is 0.179. The molecule has 2 aromatic carbocycles. The largest absolute Gasteiger partial charge is 0.493 e. The summed E-state index contributed by atoms with van der Waals surface area (Å²) in [6.45, 7) is 2.87. The van der Waals surface area contributed by atoms with Crippen molar-refractivity contribution in [3.8, 4) is 17.3 Å². The van der Waals surface area contributed by atoms with Crippen molar-refractivity contribution in [2.75, 3.05) is 20.3 Å². The average molecular weight is 482 g/mol. The van der Waals surface area contributed by atoms with Crippen molar-refractivity contribution in [3.05, 3.63) is 102 Å². The van der Waals surface area contributed by atoms with Gasteiger partial charge >= 0.3 is 0 Å². The lowest BCUT2D eigenvalue weighted by Crippen LogP contribution is -2.29. The van der Waals surface area contributed by atoms with Gasteiger partial charge in [0.2, 0.25) is 0 Å². The molecule has 0 spiro atoms. The summed E-state index contributed by atoms with van der Waals surface area (Å²) in [5, 5.41) is 8.37. The first kappa shape index (κ1) is 23.2. The Labute approximate surface area is 208 Å². The Bertz CT molecular complexity index is 1460. The summed E-state index contributed by atoms with van der Waals surface area (Å²) in [5.41, 5.74) is 3.62. The number of hydrogen-bond acceptors (Lipinski definition) is 5. The number of amides is 1. The minimum atomic E-state index is -0.197. The number of fused-ring (bicyclic) bond motifs is 1. The van der Waals surface area contributed by atoms with Crippen molar-refractivity contribution in [2.45, 2.75) is 12.8 Å². The number of nitrogens with one attached hydrogen (secondary N) is 2. The second-order valence-electron chi connectivity index (χ2n) is 8.25. The molecule has 0 fully saturated rings. The highest BCUT2D eigenvalue weighted by molar-refractivity contribution is 5.94. The SMILES string of the molecule is CCOc1ccc(C(CNC(=O)c2ccc(-n3cccn3)nc2)c2c[nH]c3ccccc23)cc1OC. The molecule has 1 amide bonds. The molecule has 5 rings (SSSR count). The highest BCUT2D eigenvalue weighted by Gasteiger charge is 2.21. The van der Waals surface area contributed by atoms with E-state index >= 15 is 0 Å². The highest BCUT2D eigenvalue weighted by Crippen LogP contribution is 2.36. The van der Waals surface area contributed by atoms with Crippen molar-refractivity contribution >= 4 is 16.8 Å². The first-order valence-corrected chi connectivity index (χ1v) is 11.8. The van der Waals surface area contributed by atoms with Gasteiger partial charge in [0.05, 0.1) is 19.3 Å². The molecule has 8 nitrogen and oxygen atoms in total.